The summed E-state index contributed by atoms with van der Waals surface area (Å²) in [5.41, 5.74) is 2.02. The topological polar surface area (TPSA) is 50.4 Å². The molecule has 0 fully saturated rings. The Bertz CT molecular complexity index is 827. The maximum Gasteiger partial charge on any atom is 0.336 e. The fourth-order valence-corrected chi connectivity index (χ4v) is 2.02. The Morgan fingerprint density at radius 3 is 2.50 bits per heavy atom. The maximum absolute atomic E-state index is 11.3. The lowest BCUT2D eigenvalue weighted by molar-refractivity contribution is 0.475. The Balaban J connectivity index is 2.04. The number of benzene rings is 2. The number of aromatic hydroxyl groups is 1. The molecule has 3 heteroatoms. The summed E-state index contributed by atoms with van der Waals surface area (Å²) in [6.45, 7) is 0. The molecule has 1 aromatic heterocycles. The van der Waals surface area contributed by atoms with E-state index >= 15 is 0 Å². The second-order valence-corrected chi connectivity index (χ2v) is 4.44. The van der Waals surface area contributed by atoms with Crippen LogP contribution in [0.15, 0.2) is 63.8 Å². The third kappa shape index (κ3) is 2.47. The van der Waals surface area contributed by atoms with E-state index in [1.165, 1.54) is 6.07 Å². The van der Waals surface area contributed by atoms with Gasteiger partial charge in [-0.25, -0.2) is 4.79 Å². The predicted molar refractivity (Wildman–Crippen MR) is 79.5 cm³/mol. The molecule has 0 atom stereocenters. The van der Waals surface area contributed by atoms with Crippen molar-refractivity contribution in [3.05, 3.63) is 76.1 Å². The fraction of sp³-hybridized carbons (Fsp3) is 0. The predicted octanol–water partition coefficient (Wildman–Crippen LogP) is 3.67. The van der Waals surface area contributed by atoms with Crippen molar-refractivity contribution in [3.63, 3.8) is 0 Å². The molecule has 1 N–H and O–H groups in total. The average molecular weight is 264 g/mol. The molecule has 0 aliphatic rings. The summed E-state index contributed by atoms with van der Waals surface area (Å²) in [4.78, 5) is 11.3. The minimum Gasteiger partial charge on any atom is -0.508 e. The molecule has 0 unspecified atom stereocenters. The third-order valence-corrected chi connectivity index (χ3v) is 3.03. The van der Waals surface area contributed by atoms with Gasteiger partial charge in [0.15, 0.2) is 0 Å². The minimum atomic E-state index is -0.358. The molecule has 3 rings (SSSR count). The first kappa shape index (κ1) is 12.2. The van der Waals surface area contributed by atoms with E-state index in [0.717, 1.165) is 16.5 Å². The van der Waals surface area contributed by atoms with E-state index < -0.39 is 0 Å². The highest BCUT2D eigenvalue weighted by atomic mass is 16.4. The first-order valence-electron chi connectivity index (χ1n) is 6.22. The van der Waals surface area contributed by atoms with Crippen molar-refractivity contribution in [2.45, 2.75) is 0 Å². The fourth-order valence-electron chi connectivity index (χ4n) is 2.02. The van der Waals surface area contributed by atoms with Crippen LogP contribution in [0.1, 0.15) is 11.1 Å². The van der Waals surface area contributed by atoms with Crippen LogP contribution in [0.4, 0.5) is 0 Å². The van der Waals surface area contributed by atoms with Crippen LogP contribution < -0.4 is 5.63 Å². The quantitative estimate of drug-likeness (QED) is 0.567. The molecule has 98 valence electrons. The van der Waals surface area contributed by atoms with Gasteiger partial charge >= 0.3 is 5.63 Å². The zero-order valence-corrected chi connectivity index (χ0v) is 10.6. The lowest BCUT2D eigenvalue weighted by atomic mass is 10.1. The van der Waals surface area contributed by atoms with Crippen molar-refractivity contribution in [2.75, 3.05) is 0 Å². The van der Waals surface area contributed by atoms with Crippen LogP contribution in [-0.2, 0) is 0 Å². The van der Waals surface area contributed by atoms with E-state index in [9.17, 15) is 9.90 Å². The molecule has 0 saturated heterocycles. The summed E-state index contributed by atoms with van der Waals surface area (Å²) in [7, 11) is 0. The molecule has 20 heavy (non-hydrogen) atoms. The minimum absolute atomic E-state index is 0.235. The van der Waals surface area contributed by atoms with Gasteiger partial charge in [-0.1, -0.05) is 42.5 Å². The van der Waals surface area contributed by atoms with Crippen molar-refractivity contribution in [2.24, 2.45) is 0 Å². The molecule has 2 aromatic carbocycles. The van der Waals surface area contributed by atoms with Crippen LogP contribution in [0.25, 0.3) is 23.1 Å². The highest BCUT2D eigenvalue weighted by Crippen LogP contribution is 2.20. The zero-order chi connectivity index (χ0) is 13.9. The molecule has 0 saturated carbocycles. The first-order valence-corrected chi connectivity index (χ1v) is 6.22. The SMILES string of the molecule is O=c1ccc2cccc(/C=C/c3ccc(O)cc3)c2o1. The Kier molecular flexibility index (Phi) is 3.09. The van der Waals surface area contributed by atoms with Gasteiger partial charge in [0.2, 0.25) is 0 Å². The van der Waals surface area contributed by atoms with Crippen LogP contribution in [0.2, 0.25) is 0 Å². The largest absolute Gasteiger partial charge is 0.508 e. The lowest BCUT2D eigenvalue weighted by Gasteiger charge is -2.00. The van der Waals surface area contributed by atoms with E-state index in [1.54, 1.807) is 18.2 Å². The molecule has 0 aliphatic heterocycles. The second-order valence-electron chi connectivity index (χ2n) is 4.44. The van der Waals surface area contributed by atoms with Gasteiger partial charge in [0.25, 0.3) is 0 Å². The monoisotopic (exact) mass is 264 g/mol. The number of rotatable bonds is 2. The molecule has 0 bridgehead atoms. The zero-order valence-electron chi connectivity index (χ0n) is 10.6. The Labute approximate surface area is 115 Å². The Hall–Kier alpha value is -2.81. The number of phenols is 1. The van der Waals surface area contributed by atoms with Crippen LogP contribution in [0.3, 0.4) is 0 Å². The summed E-state index contributed by atoms with van der Waals surface area (Å²) in [6.07, 6.45) is 3.79. The number of hydrogen-bond acceptors (Lipinski definition) is 3. The van der Waals surface area contributed by atoms with Gasteiger partial charge in [0, 0.05) is 17.0 Å². The average Bonchev–Trinajstić information content (AvgIpc) is 2.47. The number of hydrogen-bond donors (Lipinski definition) is 1. The van der Waals surface area contributed by atoms with Gasteiger partial charge in [0.1, 0.15) is 11.3 Å². The molecule has 0 amide bonds. The smallest absolute Gasteiger partial charge is 0.336 e. The summed E-state index contributed by atoms with van der Waals surface area (Å²) in [6, 6.07) is 15.7. The number of para-hydroxylation sites is 1. The van der Waals surface area contributed by atoms with Crippen molar-refractivity contribution >= 4 is 23.1 Å². The van der Waals surface area contributed by atoms with E-state index in [1.807, 2.05) is 42.5 Å². The molecule has 0 spiro atoms. The summed E-state index contributed by atoms with van der Waals surface area (Å²) in [5.74, 6) is 0.235. The lowest BCUT2D eigenvalue weighted by Crippen LogP contribution is -1.95. The highest BCUT2D eigenvalue weighted by molar-refractivity contribution is 5.88. The third-order valence-electron chi connectivity index (χ3n) is 3.03. The first-order chi connectivity index (χ1) is 9.72. The normalized spacial score (nSPS) is 11.2. The summed E-state index contributed by atoms with van der Waals surface area (Å²) < 4.78 is 5.25. The maximum atomic E-state index is 11.3. The van der Waals surface area contributed by atoms with Crippen molar-refractivity contribution in [1.29, 1.82) is 0 Å². The summed E-state index contributed by atoms with van der Waals surface area (Å²) >= 11 is 0. The molecule has 0 radical (unpaired) electrons. The Morgan fingerprint density at radius 2 is 1.70 bits per heavy atom. The van der Waals surface area contributed by atoms with Crippen LogP contribution in [-0.4, -0.2) is 5.11 Å². The van der Waals surface area contributed by atoms with Gasteiger partial charge in [0.05, 0.1) is 0 Å². The van der Waals surface area contributed by atoms with Gasteiger partial charge < -0.3 is 9.52 Å². The van der Waals surface area contributed by atoms with Crippen molar-refractivity contribution in [3.8, 4) is 5.75 Å². The van der Waals surface area contributed by atoms with Gasteiger partial charge in [-0.3, -0.25) is 0 Å². The molecule has 3 aromatic rings. The molecular weight excluding hydrogens is 252 g/mol. The molecule has 1 heterocycles. The number of fused-ring (bicyclic) bond motifs is 1. The molecule has 0 aliphatic carbocycles. The van der Waals surface area contributed by atoms with Crippen molar-refractivity contribution in [1.82, 2.24) is 0 Å². The highest BCUT2D eigenvalue weighted by Gasteiger charge is 2.01. The van der Waals surface area contributed by atoms with Crippen molar-refractivity contribution < 1.29 is 9.52 Å². The van der Waals surface area contributed by atoms with Crippen LogP contribution in [0, 0.1) is 0 Å². The standard InChI is InChI=1S/C17H12O3/c18-15-9-5-12(6-10-15)4-7-13-2-1-3-14-8-11-16(19)20-17(13)14/h1-11,18H/b7-4+. The number of phenolic OH excluding ortho intramolecular Hbond substituents is 1. The molecular formula is C17H12O3. The van der Waals surface area contributed by atoms with E-state index in [2.05, 4.69) is 0 Å². The second kappa shape index (κ2) is 5.05. The van der Waals surface area contributed by atoms with Gasteiger partial charge in [-0.2, -0.15) is 0 Å². The van der Waals surface area contributed by atoms with Crippen LogP contribution in [0.5, 0.6) is 5.75 Å². The van der Waals surface area contributed by atoms with Crippen LogP contribution >= 0.6 is 0 Å². The Morgan fingerprint density at radius 1 is 0.900 bits per heavy atom. The van der Waals surface area contributed by atoms with E-state index in [-0.39, 0.29) is 11.4 Å². The summed E-state index contributed by atoms with van der Waals surface area (Å²) in [5, 5.41) is 10.1. The van der Waals surface area contributed by atoms with E-state index in [0.29, 0.717) is 5.58 Å². The van der Waals surface area contributed by atoms with Gasteiger partial charge in [-0.15, -0.1) is 0 Å². The molecule has 3 nitrogen and oxygen atoms in total. The van der Waals surface area contributed by atoms with E-state index in [4.69, 9.17) is 4.42 Å². The van der Waals surface area contributed by atoms with Gasteiger partial charge in [-0.05, 0) is 23.8 Å².